The zero-order valence-electron chi connectivity index (χ0n) is 11.9. The summed E-state index contributed by atoms with van der Waals surface area (Å²) in [5.74, 6) is 0.0397. The molecule has 2 aromatic rings. The van der Waals surface area contributed by atoms with Gasteiger partial charge in [-0.1, -0.05) is 12.8 Å². The number of hydrogen-bond acceptors (Lipinski definition) is 5. The minimum Gasteiger partial charge on any atom is -0.330 e. The van der Waals surface area contributed by atoms with Gasteiger partial charge in [0.05, 0.1) is 5.69 Å². The summed E-state index contributed by atoms with van der Waals surface area (Å²) in [5.41, 5.74) is 7.05. The van der Waals surface area contributed by atoms with Crippen LogP contribution < -0.4 is 11.1 Å². The van der Waals surface area contributed by atoms with Crippen molar-refractivity contribution in [1.29, 1.82) is 0 Å². The van der Waals surface area contributed by atoms with Gasteiger partial charge in [-0.15, -0.1) is 5.10 Å². The summed E-state index contributed by atoms with van der Waals surface area (Å²) in [6.07, 6.45) is 6.12. The summed E-state index contributed by atoms with van der Waals surface area (Å²) in [6.45, 7) is 0.722. The van der Waals surface area contributed by atoms with Gasteiger partial charge >= 0.3 is 0 Å². The van der Waals surface area contributed by atoms with Gasteiger partial charge in [-0.2, -0.15) is 0 Å². The van der Waals surface area contributed by atoms with E-state index in [9.17, 15) is 4.79 Å². The summed E-state index contributed by atoms with van der Waals surface area (Å²) in [5, 5.41) is 13.8. The third-order valence-electron chi connectivity index (χ3n) is 3.12. The predicted octanol–water partition coefficient (Wildman–Crippen LogP) is 1.51. The third-order valence-corrected chi connectivity index (χ3v) is 3.12. The van der Waals surface area contributed by atoms with E-state index in [-0.39, 0.29) is 5.91 Å². The second-order valence-electron chi connectivity index (χ2n) is 4.80. The van der Waals surface area contributed by atoms with Gasteiger partial charge < -0.3 is 11.1 Å². The van der Waals surface area contributed by atoms with Crippen LogP contribution in [-0.4, -0.2) is 32.7 Å². The van der Waals surface area contributed by atoms with Crippen LogP contribution in [0.1, 0.15) is 32.1 Å². The molecule has 1 amide bonds. The average Bonchev–Trinajstić information content (AvgIpc) is 3.02. The lowest BCUT2D eigenvalue weighted by Gasteiger charge is -2.06. The molecular weight excluding hydrogens is 268 g/mol. The first-order chi connectivity index (χ1) is 10.3. The molecule has 7 heteroatoms. The Balaban J connectivity index is 1.76. The van der Waals surface area contributed by atoms with Crippen LogP contribution in [0.3, 0.4) is 0 Å². The number of aromatic nitrogens is 4. The van der Waals surface area contributed by atoms with Gasteiger partial charge in [-0.05, 0) is 54.1 Å². The van der Waals surface area contributed by atoms with Crippen molar-refractivity contribution in [2.24, 2.45) is 5.73 Å². The maximum absolute atomic E-state index is 11.8. The topological polar surface area (TPSA) is 98.7 Å². The molecule has 2 rings (SSSR count). The van der Waals surface area contributed by atoms with Crippen LogP contribution in [0.25, 0.3) is 5.69 Å². The van der Waals surface area contributed by atoms with Crippen molar-refractivity contribution >= 4 is 11.6 Å². The zero-order chi connectivity index (χ0) is 14.9. The molecule has 0 aliphatic rings. The number of tetrazole rings is 1. The van der Waals surface area contributed by atoms with E-state index >= 15 is 0 Å². The van der Waals surface area contributed by atoms with Gasteiger partial charge in [-0.25, -0.2) is 4.68 Å². The van der Waals surface area contributed by atoms with Crippen LogP contribution in [0.4, 0.5) is 5.69 Å². The van der Waals surface area contributed by atoms with Crippen LogP contribution >= 0.6 is 0 Å². The molecule has 1 aromatic carbocycles. The first-order valence-corrected chi connectivity index (χ1v) is 7.13. The zero-order valence-corrected chi connectivity index (χ0v) is 11.9. The van der Waals surface area contributed by atoms with Crippen LogP contribution in [0.5, 0.6) is 0 Å². The number of nitrogens with two attached hydrogens (primary N) is 1. The molecule has 1 heterocycles. The molecule has 0 atom stereocenters. The number of amides is 1. The Hall–Kier alpha value is -2.28. The second-order valence-corrected chi connectivity index (χ2v) is 4.80. The van der Waals surface area contributed by atoms with Crippen molar-refractivity contribution in [3.05, 3.63) is 30.6 Å². The highest BCUT2D eigenvalue weighted by Gasteiger charge is 2.03. The quantitative estimate of drug-likeness (QED) is 0.717. The minimum atomic E-state index is 0.0397. The Bertz CT molecular complexity index is 537. The lowest BCUT2D eigenvalue weighted by Crippen LogP contribution is -2.11. The van der Waals surface area contributed by atoms with Crippen molar-refractivity contribution in [3.8, 4) is 5.69 Å². The summed E-state index contributed by atoms with van der Waals surface area (Å²) < 4.78 is 1.56. The maximum atomic E-state index is 11.8. The number of nitrogens with one attached hydrogen (secondary N) is 1. The average molecular weight is 288 g/mol. The number of carbonyl (C=O) groups excluding carboxylic acids is 1. The van der Waals surface area contributed by atoms with Crippen LogP contribution in [0.15, 0.2) is 30.6 Å². The van der Waals surface area contributed by atoms with E-state index in [0.29, 0.717) is 6.42 Å². The fraction of sp³-hybridized carbons (Fsp3) is 0.429. The van der Waals surface area contributed by atoms with E-state index in [4.69, 9.17) is 5.73 Å². The lowest BCUT2D eigenvalue weighted by molar-refractivity contribution is -0.116. The molecule has 7 nitrogen and oxygen atoms in total. The Kier molecular flexibility index (Phi) is 5.83. The molecule has 0 saturated heterocycles. The van der Waals surface area contributed by atoms with Crippen LogP contribution in [0.2, 0.25) is 0 Å². The van der Waals surface area contributed by atoms with E-state index in [1.807, 2.05) is 24.3 Å². The number of carbonyl (C=O) groups is 1. The maximum Gasteiger partial charge on any atom is 0.224 e. The number of unbranched alkanes of at least 4 members (excludes halogenated alkanes) is 3. The van der Waals surface area contributed by atoms with Crippen molar-refractivity contribution < 1.29 is 4.79 Å². The Labute approximate surface area is 123 Å². The molecule has 0 saturated carbocycles. The first kappa shape index (κ1) is 15.1. The highest BCUT2D eigenvalue weighted by molar-refractivity contribution is 5.90. The number of hydrogen-bond donors (Lipinski definition) is 2. The van der Waals surface area contributed by atoms with Crippen LogP contribution in [0, 0.1) is 0 Å². The van der Waals surface area contributed by atoms with E-state index in [0.717, 1.165) is 43.6 Å². The molecule has 0 bridgehead atoms. The molecule has 3 N–H and O–H groups in total. The number of anilines is 1. The molecule has 1 aromatic heterocycles. The second kappa shape index (κ2) is 8.11. The van der Waals surface area contributed by atoms with E-state index in [1.54, 1.807) is 4.68 Å². The molecule has 0 aliphatic carbocycles. The summed E-state index contributed by atoms with van der Waals surface area (Å²) >= 11 is 0. The Morgan fingerprint density at radius 1 is 1.14 bits per heavy atom. The van der Waals surface area contributed by atoms with E-state index in [1.165, 1.54) is 6.33 Å². The van der Waals surface area contributed by atoms with Crippen molar-refractivity contribution in [2.75, 3.05) is 11.9 Å². The van der Waals surface area contributed by atoms with Gasteiger partial charge in [0.15, 0.2) is 0 Å². The van der Waals surface area contributed by atoms with Gasteiger partial charge in [0.2, 0.25) is 5.91 Å². The van der Waals surface area contributed by atoms with Crippen molar-refractivity contribution in [3.63, 3.8) is 0 Å². The van der Waals surface area contributed by atoms with E-state index in [2.05, 4.69) is 20.8 Å². The highest BCUT2D eigenvalue weighted by Crippen LogP contribution is 2.13. The van der Waals surface area contributed by atoms with Gasteiger partial charge in [0.1, 0.15) is 6.33 Å². The molecule has 0 spiro atoms. The first-order valence-electron chi connectivity index (χ1n) is 7.13. The Morgan fingerprint density at radius 2 is 1.90 bits per heavy atom. The summed E-state index contributed by atoms with van der Waals surface area (Å²) in [7, 11) is 0. The van der Waals surface area contributed by atoms with Gasteiger partial charge in [0, 0.05) is 12.1 Å². The third kappa shape index (κ3) is 4.96. The lowest BCUT2D eigenvalue weighted by atomic mass is 10.1. The predicted molar refractivity (Wildman–Crippen MR) is 79.9 cm³/mol. The number of benzene rings is 1. The Morgan fingerprint density at radius 3 is 2.57 bits per heavy atom. The largest absolute Gasteiger partial charge is 0.330 e. The molecule has 112 valence electrons. The number of nitrogens with zero attached hydrogens (tertiary/aromatic N) is 4. The summed E-state index contributed by atoms with van der Waals surface area (Å²) in [4.78, 5) is 11.8. The number of rotatable bonds is 8. The molecule has 0 aliphatic heterocycles. The standard InChI is InChI=1S/C14H20N6O/c15-10-4-2-1-3-5-14(21)17-12-6-8-13(9-7-12)20-11-16-18-19-20/h6-9,11H,1-5,10,15H2,(H,17,21). The molecule has 0 unspecified atom stereocenters. The van der Waals surface area contributed by atoms with Gasteiger partial charge in [-0.3, -0.25) is 4.79 Å². The fourth-order valence-corrected chi connectivity index (χ4v) is 1.98. The van der Waals surface area contributed by atoms with Crippen LogP contribution in [-0.2, 0) is 4.79 Å². The summed E-state index contributed by atoms with van der Waals surface area (Å²) in [6, 6.07) is 7.38. The highest BCUT2D eigenvalue weighted by atomic mass is 16.1. The molecule has 0 radical (unpaired) electrons. The fourth-order valence-electron chi connectivity index (χ4n) is 1.98. The minimum absolute atomic E-state index is 0.0397. The molecular formula is C14H20N6O. The normalized spacial score (nSPS) is 10.5. The molecule has 21 heavy (non-hydrogen) atoms. The van der Waals surface area contributed by atoms with E-state index < -0.39 is 0 Å². The monoisotopic (exact) mass is 288 g/mol. The van der Waals surface area contributed by atoms with Gasteiger partial charge in [0.25, 0.3) is 0 Å². The molecule has 0 fully saturated rings. The SMILES string of the molecule is NCCCCCCC(=O)Nc1ccc(-n2cnnn2)cc1. The van der Waals surface area contributed by atoms with Crippen molar-refractivity contribution in [2.45, 2.75) is 32.1 Å². The smallest absolute Gasteiger partial charge is 0.224 e. The van der Waals surface area contributed by atoms with Crippen molar-refractivity contribution in [1.82, 2.24) is 20.2 Å².